The molecule has 0 amide bonds. The van der Waals surface area contributed by atoms with Crippen LogP contribution in [0, 0.1) is 12.8 Å². The molecule has 0 saturated heterocycles. The summed E-state index contributed by atoms with van der Waals surface area (Å²) < 4.78 is 0. The Labute approximate surface area is 76.4 Å². The summed E-state index contributed by atoms with van der Waals surface area (Å²) in [4.78, 5) is 14.8. The molecule has 1 N–H and O–H groups in total. The summed E-state index contributed by atoms with van der Waals surface area (Å²) in [6, 6.07) is 3.83. The molecule has 0 aromatic carbocycles. The number of hydrogen-bond donors (Lipinski definition) is 1. The summed E-state index contributed by atoms with van der Waals surface area (Å²) in [6.45, 7) is 1.92. The number of aliphatic carboxylic acids is 1. The number of aromatic nitrogens is 1. The van der Waals surface area contributed by atoms with Gasteiger partial charge < -0.3 is 5.11 Å². The minimum atomic E-state index is -0.687. The zero-order chi connectivity index (χ0) is 9.42. The number of pyridine rings is 1. The molecule has 1 aromatic heterocycles. The summed E-state index contributed by atoms with van der Waals surface area (Å²) in [5, 5.41) is 8.76. The molecule has 1 saturated carbocycles. The van der Waals surface area contributed by atoms with Gasteiger partial charge in [-0.1, -0.05) is 6.07 Å². The van der Waals surface area contributed by atoms with E-state index in [0.29, 0.717) is 0 Å². The van der Waals surface area contributed by atoms with E-state index in [0.717, 1.165) is 17.7 Å². The molecule has 2 unspecified atom stereocenters. The van der Waals surface area contributed by atoms with Crippen molar-refractivity contribution in [2.45, 2.75) is 19.3 Å². The van der Waals surface area contributed by atoms with Crippen LogP contribution in [0.5, 0.6) is 0 Å². The first-order valence-corrected chi connectivity index (χ1v) is 4.34. The average Bonchev–Trinajstić information content (AvgIpc) is 2.84. The van der Waals surface area contributed by atoms with Gasteiger partial charge in [0.2, 0.25) is 0 Å². The Morgan fingerprint density at radius 3 is 3.00 bits per heavy atom. The van der Waals surface area contributed by atoms with Gasteiger partial charge in [-0.3, -0.25) is 9.78 Å². The third kappa shape index (κ3) is 1.41. The minimum absolute atomic E-state index is 0.178. The molecule has 1 aliphatic rings. The van der Waals surface area contributed by atoms with E-state index in [1.165, 1.54) is 0 Å². The molecule has 1 aromatic rings. The molecule has 3 heteroatoms. The minimum Gasteiger partial charge on any atom is -0.481 e. The van der Waals surface area contributed by atoms with Crippen LogP contribution >= 0.6 is 0 Å². The Balaban J connectivity index is 2.21. The lowest BCUT2D eigenvalue weighted by Crippen LogP contribution is -2.00. The van der Waals surface area contributed by atoms with E-state index in [1.807, 2.05) is 19.1 Å². The van der Waals surface area contributed by atoms with Gasteiger partial charge in [0.1, 0.15) is 0 Å². The summed E-state index contributed by atoms with van der Waals surface area (Å²) >= 11 is 0. The second kappa shape index (κ2) is 2.83. The number of rotatable bonds is 2. The van der Waals surface area contributed by atoms with Crippen molar-refractivity contribution in [2.24, 2.45) is 5.92 Å². The molecule has 13 heavy (non-hydrogen) atoms. The van der Waals surface area contributed by atoms with Crippen molar-refractivity contribution in [3.63, 3.8) is 0 Å². The number of nitrogens with zero attached hydrogens (tertiary/aromatic N) is 1. The first-order valence-electron chi connectivity index (χ1n) is 4.34. The molecule has 1 heterocycles. The quantitative estimate of drug-likeness (QED) is 0.746. The highest BCUT2D eigenvalue weighted by atomic mass is 16.4. The zero-order valence-electron chi connectivity index (χ0n) is 7.40. The van der Waals surface area contributed by atoms with Gasteiger partial charge >= 0.3 is 5.97 Å². The molecule has 1 aliphatic carbocycles. The van der Waals surface area contributed by atoms with Crippen LogP contribution in [-0.2, 0) is 4.79 Å². The smallest absolute Gasteiger partial charge is 0.307 e. The van der Waals surface area contributed by atoms with Crippen LogP contribution in [0.3, 0.4) is 0 Å². The first kappa shape index (κ1) is 8.23. The monoisotopic (exact) mass is 177 g/mol. The van der Waals surface area contributed by atoms with Crippen LogP contribution in [0.1, 0.15) is 23.6 Å². The average molecular weight is 177 g/mol. The predicted octanol–water partition coefficient (Wildman–Crippen LogP) is 1.58. The van der Waals surface area contributed by atoms with Gasteiger partial charge in [-0.05, 0) is 30.9 Å². The fourth-order valence-corrected chi connectivity index (χ4v) is 1.70. The lowest BCUT2D eigenvalue weighted by atomic mass is 10.1. The van der Waals surface area contributed by atoms with E-state index in [-0.39, 0.29) is 11.8 Å². The van der Waals surface area contributed by atoms with Gasteiger partial charge in [0.15, 0.2) is 0 Å². The number of carbonyl (C=O) groups is 1. The molecule has 2 atom stereocenters. The van der Waals surface area contributed by atoms with Gasteiger partial charge in [0.05, 0.1) is 5.92 Å². The van der Waals surface area contributed by atoms with Crippen molar-refractivity contribution >= 4 is 5.97 Å². The summed E-state index contributed by atoms with van der Waals surface area (Å²) in [5.41, 5.74) is 2.05. The molecule has 2 rings (SSSR count). The van der Waals surface area contributed by atoms with Gasteiger partial charge in [-0.15, -0.1) is 0 Å². The molecule has 0 aliphatic heterocycles. The van der Waals surface area contributed by atoms with E-state index < -0.39 is 5.97 Å². The van der Waals surface area contributed by atoms with Crippen molar-refractivity contribution in [3.8, 4) is 0 Å². The highest BCUT2D eigenvalue weighted by Gasteiger charge is 2.44. The maximum absolute atomic E-state index is 10.6. The molecular formula is C10H11NO2. The predicted molar refractivity (Wildman–Crippen MR) is 47.5 cm³/mol. The van der Waals surface area contributed by atoms with E-state index in [2.05, 4.69) is 4.98 Å². The highest BCUT2D eigenvalue weighted by Crippen LogP contribution is 2.48. The zero-order valence-corrected chi connectivity index (χ0v) is 7.40. The number of carboxylic acids is 1. The molecule has 3 nitrogen and oxygen atoms in total. The van der Waals surface area contributed by atoms with Crippen LogP contribution in [0.2, 0.25) is 0 Å². The Kier molecular flexibility index (Phi) is 1.79. The summed E-state index contributed by atoms with van der Waals surface area (Å²) in [5.74, 6) is -0.664. The normalized spacial score (nSPS) is 25.6. The fraction of sp³-hybridized carbons (Fsp3) is 0.400. The SMILES string of the molecule is Cc1ncccc1C1CC1C(=O)O. The van der Waals surface area contributed by atoms with Crippen molar-refractivity contribution < 1.29 is 9.90 Å². The van der Waals surface area contributed by atoms with Gasteiger partial charge in [0.25, 0.3) is 0 Å². The number of carboxylic acid groups (broad SMARTS) is 1. The second-order valence-corrected chi connectivity index (χ2v) is 3.46. The van der Waals surface area contributed by atoms with Crippen molar-refractivity contribution in [2.75, 3.05) is 0 Å². The van der Waals surface area contributed by atoms with Gasteiger partial charge in [-0.25, -0.2) is 0 Å². The summed E-state index contributed by atoms with van der Waals surface area (Å²) in [7, 11) is 0. The molecule has 0 radical (unpaired) electrons. The lowest BCUT2D eigenvalue weighted by Gasteiger charge is -2.01. The van der Waals surface area contributed by atoms with E-state index >= 15 is 0 Å². The van der Waals surface area contributed by atoms with E-state index in [1.54, 1.807) is 6.20 Å². The maximum Gasteiger partial charge on any atom is 0.307 e. The molecule has 68 valence electrons. The van der Waals surface area contributed by atoms with Gasteiger partial charge in [0, 0.05) is 11.9 Å². The van der Waals surface area contributed by atoms with Crippen molar-refractivity contribution in [1.82, 2.24) is 4.98 Å². The van der Waals surface area contributed by atoms with E-state index in [9.17, 15) is 4.79 Å². The Morgan fingerprint density at radius 1 is 1.69 bits per heavy atom. The van der Waals surface area contributed by atoms with Crippen LogP contribution in [0.4, 0.5) is 0 Å². The van der Waals surface area contributed by atoms with Crippen LogP contribution in [0.15, 0.2) is 18.3 Å². The topological polar surface area (TPSA) is 50.2 Å². The maximum atomic E-state index is 10.6. The van der Waals surface area contributed by atoms with Crippen molar-refractivity contribution in [1.29, 1.82) is 0 Å². The molecule has 0 bridgehead atoms. The van der Waals surface area contributed by atoms with Crippen LogP contribution < -0.4 is 0 Å². The largest absolute Gasteiger partial charge is 0.481 e. The van der Waals surface area contributed by atoms with Crippen molar-refractivity contribution in [3.05, 3.63) is 29.6 Å². The standard InChI is InChI=1S/C10H11NO2/c1-6-7(3-2-4-11-6)8-5-9(8)10(12)13/h2-4,8-9H,5H2,1H3,(H,12,13). The molecular weight excluding hydrogens is 166 g/mol. The lowest BCUT2D eigenvalue weighted by molar-refractivity contribution is -0.138. The number of hydrogen-bond acceptors (Lipinski definition) is 2. The number of aryl methyl sites for hydroxylation is 1. The van der Waals surface area contributed by atoms with E-state index in [4.69, 9.17) is 5.11 Å². The van der Waals surface area contributed by atoms with Crippen LogP contribution in [0.25, 0.3) is 0 Å². The molecule has 1 fully saturated rings. The Bertz CT molecular complexity index is 349. The van der Waals surface area contributed by atoms with Gasteiger partial charge in [-0.2, -0.15) is 0 Å². The summed E-state index contributed by atoms with van der Waals surface area (Å²) in [6.07, 6.45) is 2.50. The molecule has 0 spiro atoms. The van der Waals surface area contributed by atoms with Crippen LogP contribution in [-0.4, -0.2) is 16.1 Å². The Morgan fingerprint density at radius 2 is 2.46 bits per heavy atom. The third-order valence-electron chi connectivity index (χ3n) is 2.55. The first-order chi connectivity index (χ1) is 6.20. The third-order valence-corrected chi connectivity index (χ3v) is 2.55. The second-order valence-electron chi connectivity index (χ2n) is 3.46. The highest BCUT2D eigenvalue weighted by molar-refractivity contribution is 5.75. The Hall–Kier alpha value is -1.38. The fourth-order valence-electron chi connectivity index (χ4n) is 1.70.